The van der Waals surface area contributed by atoms with Crippen LogP contribution in [0, 0.1) is 5.92 Å². The standard InChI is InChI=1S/C34H38F7NO2/c1-21(2)23-10-8-22(9-11-23)18-25-20-42(30(43)31(44)16-6-4-3-5-7-17-31)28-15-12-24-19-26(13-14-27(24)29(25)28)32(35,33(36,37)38)34(39,40)41/h8-11,13-14,19,25,28-29,44H,1,3-7,12,15-18,20H2,2H3/t25?,28-,29+/m1/s1. The first kappa shape index (κ1) is 32.5. The van der Waals surface area contributed by atoms with E-state index in [-0.39, 0.29) is 36.8 Å². The van der Waals surface area contributed by atoms with Gasteiger partial charge in [-0.1, -0.05) is 86.7 Å². The Morgan fingerprint density at radius 2 is 1.52 bits per heavy atom. The van der Waals surface area contributed by atoms with Gasteiger partial charge in [0, 0.05) is 24.1 Å². The van der Waals surface area contributed by atoms with Crippen LogP contribution in [0.1, 0.15) is 92.0 Å². The number of hydrogen-bond acceptors (Lipinski definition) is 2. The zero-order valence-electron chi connectivity index (χ0n) is 24.7. The average Bonchev–Trinajstić information content (AvgIpc) is 3.31. The summed E-state index contributed by atoms with van der Waals surface area (Å²) in [5.74, 6) is -0.978. The molecule has 3 nitrogen and oxygen atoms in total. The fraction of sp³-hybridized carbons (Fsp3) is 0.559. The lowest BCUT2D eigenvalue weighted by Crippen LogP contribution is -2.52. The van der Waals surface area contributed by atoms with Crippen LogP contribution in [0.2, 0.25) is 0 Å². The topological polar surface area (TPSA) is 40.5 Å². The second kappa shape index (κ2) is 11.8. The second-order valence-corrected chi connectivity index (χ2v) is 12.9. The van der Waals surface area contributed by atoms with Gasteiger partial charge in [0.1, 0.15) is 5.60 Å². The zero-order valence-corrected chi connectivity index (χ0v) is 24.7. The first-order valence-electron chi connectivity index (χ1n) is 15.3. The maximum atomic E-state index is 15.0. The number of allylic oxidation sites excluding steroid dienone is 1. The molecule has 1 unspecified atom stereocenters. The van der Waals surface area contributed by atoms with Gasteiger partial charge in [0.2, 0.25) is 0 Å². The number of benzene rings is 2. The maximum absolute atomic E-state index is 15.0. The van der Waals surface area contributed by atoms with Gasteiger partial charge in [-0.15, -0.1) is 0 Å². The summed E-state index contributed by atoms with van der Waals surface area (Å²) in [7, 11) is 0. The zero-order chi connectivity index (χ0) is 32.1. The van der Waals surface area contributed by atoms with Crippen LogP contribution in [-0.2, 0) is 23.3 Å². The second-order valence-electron chi connectivity index (χ2n) is 12.9. The molecule has 5 rings (SSSR count). The fourth-order valence-electron chi connectivity index (χ4n) is 7.58. The van der Waals surface area contributed by atoms with Crippen molar-refractivity contribution in [3.63, 3.8) is 0 Å². The van der Waals surface area contributed by atoms with E-state index < -0.39 is 41.1 Å². The number of nitrogens with zero attached hydrogens (tertiary/aromatic N) is 1. The van der Waals surface area contributed by atoms with Gasteiger partial charge in [0.25, 0.3) is 5.91 Å². The van der Waals surface area contributed by atoms with Gasteiger partial charge in [-0.25, -0.2) is 4.39 Å². The van der Waals surface area contributed by atoms with Crippen LogP contribution in [-0.4, -0.2) is 46.5 Å². The molecule has 0 spiro atoms. The molecule has 240 valence electrons. The molecule has 1 heterocycles. The Bertz CT molecular complexity index is 1360. The molecule has 1 amide bonds. The minimum absolute atomic E-state index is 0.0817. The van der Waals surface area contributed by atoms with Gasteiger partial charge in [0.05, 0.1) is 0 Å². The van der Waals surface area contributed by atoms with Crippen LogP contribution in [0.5, 0.6) is 0 Å². The van der Waals surface area contributed by atoms with Gasteiger partial charge in [-0.2, -0.15) is 26.3 Å². The summed E-state index contributed by atoms with van der Waals surface area (Å²) in [4.78, 5) is 15.8. The Kier molecular flexibility index (Phi) is 8.72. The molecule has 0 bridgehead atoms. The third-order valence-electron chi connectivity index (χ3n) is 9.93. The Morgan fingerprint density at radius 3 is 2.09 bits per heavy atom. The normalized spacial score (nSPS) is 24.2. The summed E-state index contributed by atoms with van der Waals surface area (Å²) in [6, 6.07) is 9.84. The van der Waals surface area contributed by atoms with Crippen molar-refractivity contribution in [3.05, 3.63) is 76.9 Å². The number of alkyl halides is 7. The molecule has 1 N–H and O–H groups in total. The number of rotatable bonds is 5. The maximum Gasteiger partial charge on any atom is 0.435 e. The number of fused-ring (bicyclic) bond motifs is 3. The van der Waals surface area contributed by atoms with Gasteiger partial charge >= 0.3 is 18.0 Å². The van der Waals surface area contributed by atoms with Crippen molar-refractivity contribution in [1.82, 2.24) is 4.90 Å². The molecule has 2 aliphatic carbocycles. The average molecular weight is 626 g/mol. The third-order valence-corrected chi connectivity index (χ3v) is 9.93. The predicted octanol–water partition coefficient (Wildman–Crippen LogP) is 8.58. The van der Waals surface area contributed by atoms with E-state index in [4.69, 9.17) is 0 Å². The molecule has 1 aliphatic heterocycles. The molecule has 2 aromatic rings. The fourth-order valence-corrected chi connectivity index (χ4v) is 7.58. The van der Waals surface area contributed by atoms with Crippen LogP contribution in [0.4, 0.5) is 30.7 Å². The lowest BCUT2D eigenvalue weighted by Gasteiger charge is -2.39. The van der Waals surface area contributed by atoms with E-state index in [9.17, 15) is 40.6 Å². The van der Waals surface area contributed by atoms with Crippen LogP contribution in [0.15, 0.2) is 49.0 Å². The van der Waals surface area contributed by atoms with E-state index in [1.807, 2.05) is 31.2 Å². The monoisotopic (exact) mass is 625 g/mol. The van der Waals surface area contributed by atoms with Gasteiger partial charge in [-0.05, 0) is 67.2 Å². The highest BCUT2D eigenvalue weighted by Crippen LogP contribution is 2.55. The molecule has 0 radical (unpaired) electrons. The van der Waals surface area contributed by atoms with E-state index in [2.05, 4.69) is 6.58 Å². The number of likely N-dealkylation sites (tertiary alicyclic amines) is 1. The molecule has 10 heteroatoms. The van der Waals surface area contributed by atoms with Gasteiger partial charge in [0.15, 0.2) is 0 Å². The SMILES string of the molecule is C=C(C)c1ccc(CC2CN(C(=O)C3(O)CCCCCCC3)[C@@H]3CCc4cc(C(F)(C(F)(F)F)C(F)(F)F)ccc4[C@H]23)cc1. The van der Waals surface area contributed by atoms with Crippen molar-refractivity contribution >= 4 is 11.5 Å². The Hall–Kier alpha value is -2.88. The molecular formula is C34H38F7NO2. The molecule has 0 aromatic heterocycles. The van der Waals surface area contributed by atoms with Crippen molar-refractivity contribution < 1.29 is 40.6 Å². The van der Waals surface area contributed by atoms with Crippen LogP contribution in [0.25, 0.3) is 5.57 Å². The van der Waals surface area contributed by atoms with Crippen molar-refractivity contribution in [1.29, 1.82) is 0 Å². The van der Waals surface area contributed by atoms with Crippen LogP contribution in [0.3, 0.4) is 0 Å². The number of carbonyl (C=O) groups is 1. The first-order valence-corrected chi connectivity index (χ1v) is 15.3. The number of amides is 1. The van der Waals surface area contributed by atoms with Crippen LogP contribution < -0.4 is 0 Å². The molecule has 2 aromatic carbocycles. The molecule has 44 heavy (non-hydrogen) atoms. The van der Waals surface area contributed by atoms with E-state index in [1.54, 1.807) is 4.90 Å². The van der Waals surface area contributed by atoms with Crippen molar-refractivity contribution in [2.24, 2.45) is 5.92 Å². The first-order chi connectivity index (χ1) is 20.6. The Balaban J connectivity index is 1.53. The predicted molar refractivity (Wildman–Crippen MR) is 154 cm³/mol. The number of carbonyl (C=O) groups excluding carboxylic acids is 1. The number of hydrogen-bond donors (Lipinski definition) is 1. The van der Waals surface area contributed by atoms with E-state index in [0.717, 1.165) is 48.8 Å². The van der Waals surface area contributed by atoms with Crippen molar-refractivity contribution in [2.45, 2.75) is 107 Å². The summed E-state index contributed by atoms with van der Waals surface area (Å²) in [6.07, 6.45) is -6.50. The summed E-state index contributed by atoms with van der Waals surface area (Å²) in [6.45, 7) is 6.13. The van der Waals surface area contributed by atoms with Crippen molar-refractivity contribution in [3.8, 4) is 0 Å². The smallest absolute Gasteiger partial charge is 0.380 e. The number of aryl methyl sites for hydroxylation is 1. The summed E-state index contributed by atoms with van der Waals surface area (Å²) in [5.41, 5.74) is -4.95. The minimum atomic E-state index is -6.20. The molecule has 3 aliphatic rings. The lowest BCUT2D eigenvalue weighted by molar-refractivity contribution is -0.348. The molecule has 2 fully saturated rings. The highest BCUT2D eigenvalue weighted by molar-refractivity contribution is 5.86. The minimum Gasteiger partial charge on any atom is -0.380 e. The highest BCUT2D eigenvalue weighted by Gasteiger charge is 2.73. The Morgan fingerprint density at radius 1 is 0.932 bits per heavy atom. The number of aliphatic hydroxyl groups is 1. The lowest BCUT2D eigenvalue weighted by atomic mass is 9.72. The quantitative estimate of drug-likeness (QED) is 0.338. The summed E-state index contributed by atoms with van der Waals surface area (Å²) >= 11 is 0. The molecular weight excluding hydrogens is 587 g/mol. The molecule has 1 saturated carbocycles. The Labute approximate surface area is 253 Å². The van der Waals surface area contributed by atoms with E-state index in [1.165, 1.54) is 6.07 Å². The van der Waals surface area contributed by atoms with Gasteiger partial charge in [-0.3, -0.25) is 4.79 Å². The third kappa shape index (κ3) is 5.79. The summed E-state index contributed by atoms with van der Waals surface area (Å²) in [5, 5.41) is 11.6. The molecule has 3 atom stereocenters. The number of halogens is 7. The molecule has 1 saturated heterocycles. The van der Waals surface area contributed by atoms with Crippen molar-refractivity contribution in [2.75, 3.05) is 6.54 Å². The largest absolute Gasteiger partial charge is 0.435 e. The van der Waals surface area contributed by atoms with Crippen LogP contribution >= 0.6 is 0 Å². The van der Waals surface area contributed by atoms with Gasteiger partial charge < -0.3 is 10.0 Å². The van der Waals surface area contributed by atoms with E-state index in [0.29, 0.717) is 37.0 Å². The van der Waals surface area contributed by atoms with E-state index >= 15 is 0 Å². The summed E-state index contributed by atoms with van der Waals surface area (Å²) < 4.78 is 96.3. The highest BCUT2D eigenvalue weighted by atomic mass is 19.4.